The molecule has 6 heteroatoms. The van der Waals surface area contributed by atoms with Gasteiger partial charge in [-0.25, -0.2) is 9.78 Å². The summed E-state index contributed by atoms with van der Waals surface area (Å²) in [4.78, 5) is 16.4. The zero-order chi connectivity index (χ0) is 13.8. The Bertz CT molecular complexity index is 619. The van der Waals surface area contributed by atoms with Crippen molar-refractivity contribution in [3.63, 3.8) is 0 Å². The van der Waals surface area contributed by atoms with Gasteiger partial charge in [-0.3, -0.25) is 0 Å². The number of ether oxygens (including phenoxy) is 1. The summed E-state index contributed by atoms with van der Waals surface area (Å²) in [6, 6.07) is 8.66. The number of rotatable bonds is 3. The highest BCUT2D eigenvalue weighted by Gasteiger charge is 2.14. The highest BCUT2D eigenvalue weighted by Crippen LogP contribution is 2.35. The molecule has 0 radical (unpaired) electrons. The lowest BCUT2D eigenvalue weighted by Gasteiger charge is -2.09. The van der Waals surface area contributed by atoms with Gasteiger partial charge in [-0.1, -0.05) is 29.4 Å². The lowest BCUT2D eigenvalue weighted by Crippen LogP contribution is -2.06. The van der Waals surface area contributed by atoms with Crippen molar-refractivity contribution in [1.82, 2.24) is 4.98 Å². The number of nitrogen functional groups attached to an aromatic ring is 1. The minimum Gasteiger partial charge on any atom is -0.465 e. The van der Waals surface area contributed by atoms with Crippen molar-refractivity contribution in [3.8, 4) is 0 Å². The molecule has 0 atom stereocenters. The molecule has 2 N–H and O–H groups in total. The Morgan fingerprint density at radius 2 is 2.16 bits per heavy atom. The van der Waals surface area contributed by atoms with Crippen LogP contribution in [0.3, 0.4) is 0 Å². The number of para-hydroxylation sites is 1. The molecule has 1 aromatic heterocycles. The van der Waals surface area contributed by atoms with E-state index in [1.807, 2.05) is 0 Å². The van der Waals surface area contributed by atoms with E-state index >= 15 is 0 Å². The Labute approximate surface area is 119 Å². The molecule has 19 heavy (non-hydrogen) atoms. The highest BCUT2D eigenvalue weighted by molar-refractivity contribution is 7.99. The summed E-state index contributed by atoms with van der Waals surface area (Å²) >= 11 is 7.35. The average Bonchev–Trinajstić information content (AvgIpc) is 2.42. The van der Waals surface area contributed by atoms with E-state index < -0.39 is 5.97 Å². The molecule has 4 nitrogen and oxygen atoms in total. The fourth-order valence-corrected chi connectivity index (χ4v) is 2.56. The summed E-state index contributed by atoms with van der Waals surface area (Å²) in [5, 5.41) is 1.17. The number of hydrogen-bond donors (Lipinski definition) is 1. The number of carbonyl (C=O) groups is 1. The van der Waals surface area contributed by atoms with Gasteiger partial charge in [0.2, 0.25) is 0 Å². The van der Waals surface area contributed by atoms with Crippen molar-refractivity contribution in [3.05, 3.63) is 47.1 Å². The minimum atomic E-state index is -0.466. The predicted octanol–water partition coefficient (Wildman–Crippen LogP) is 3.26. The van der Waals surface area contributed by atoms with E-state index in [-0.39, 0.29) is 0 Å². The monoisotopic (exact) mass is 294 g/mol. The zero-order valence-electron chi connectivity index (χ0n) is 10.1. The molecule has 0 saturated carbocycles. The van der Waals surface area contributed by atoms with E-state index in [1.165, 1.54) is 18.9 Å². The molecule has 0 bridgehead atoms. The van der Waals surface area contributed by atoms with Gasteiger partial charge >= 0.3 is 5.97 Å². The third-order valence-corrected chi connectivity index (χ3v) is 3.91. The van der Waals surface area contributed by atoms with Gasteiger partial charge in [0.1, 0.15) is 5.03 Å². The molecule has 1 heterocycles. The quantitative estimate of drug-likeness (QED) is 0.695. The number of halogens is 1. The fourth-order valence-electron chi connectivity index (χ4n) is 1.47. The lowest BCUT2D eigenvalue weighted by molar-refractivity contribution is 0.0601. The summed E-state index contributed by atoms with van der Waals surface area (Å²) < 4.78 is 4.68. The first kappa shape index (κ1) is 13.7. The molecule has 0 unspecified atom stereocenters. The molecule has 2 rings (SSSR count). The smallest absolute Gasteiger partial charge is 0.339 e. The molecular formula is C13H11ClN2O2S. The van der Waals surface area contributed by atoms with Crippen LogP contribution >= 0.6 is 23.4 Å². The van der Waals surface area contributed by atoms with E-state index in [1.54, 1.807) is 36.5 Å². The number of pyridine rings is 1. The molecule has 2 aromatic rings. The Morgan fingerprint density at radius 3 is 2.84 bits per heavy atom. The number of hydrogen-bond acceptors (Lipinski definition) is 5. The van der Waals surface area contributed by atoms with Crippen LogP contribution in [0.4, 0.5) is 5.69 Å². The Kier molecular flexibility index (Phi) is 4.29. The van der Waals surface area contributed by atoms with E-state index in [0.29, 0.717) is 26.2 Å². The molecule has 0 saturated heterocycles. The topological polar surface area (TPSA) is 65.2 Å². The van der Waals surface area contributed by atoms with Crippen LogP contribution in [-0.2, 0) is 4.74 Å². The maximum atomic E-state index is 11.6. The fraction of sp³-hybridized carbons (Fsp3) is 0.0769. The standard InChI is InChI=1S/C13H11ClN2O2S/c1-18-13(17)8-4-2-6-10(11(8)15)19-12-9(14)5-3-7-16-12/h2-7H,15H2,1H3. The van der Waals surface area contributed by atoms with Crippen LogP contribution in [0.15, 0.2) is 46.5 Å². The Hall–Kier alpha value is -1.72. The van der Waals surface area contributed by atoms with Crippen LogP contribution in [-0.4, -0.2) is 18.1 Å². The second kappa shape index (κ2) is 5.95. The first-order valence-electron chi connectivity index (χ1n) is 5.38. The number of esters is 1. The SMILES string of the molecule is COC(=O)c1cccc(Sc2ncccc2Cl)c1N. The maximum absolute atomic E-state index is 11.6. The minimum absolute atomic E-state index is 0.333. The second-order valence-electron chi connectivity index (χ2n) is 3.60. The van der Waals surface area contributed by atoms with Crippen LogP contribution in [0.5, 0.6) is 0 Å². The third kappa shape index (κ3) is 3.00. The number of methoxy groups -OCH3 is 1. The number of benzene rings is 1. The van der Waals surface area contributed by atoms with Gasteiger partial charge in [0, 0.05) is 11.1 Å². The van der Waals surface area contributed by atoms with Crippen molar-refractivity contribution in [2.75, 3.05) is 12.8 Å². The molecule has 0 aliphatic carbocycles. The van der Waals surface area contributed by atoms with E-state index in [4.69, 9.17) is 17.3 Å². The zero-order valence-corrected chi connectivity index (χ0v) is 11.7. The van der Waals surface area contributed by atoms with Gasteiger partial charge in [-0.2, -0.15) is 0 Å². The normalized spacial score (nSPS) is 10.2. The number of nitrogens with two attached hydrogens (primary N) is 1. The molecule has 1 aromatic carbocycles. The van der Waals surface area contributed by atoms with Crippen molar-refractivity contribution in [2.45, 2.75) is 9.92 Å². The predicted molar refractivity (Wildman–Crippen MR) is 75.6 cm³/mol. The van der Waals surface area contributed by atoms with Crippen molar-refractivity contribution >= 4 is 35.0 Å². The average molecular weight is 295 g/mol. The lowest BCUT2D eigenvalue weighted by atomic mass is 10.2. The maximum Gasteiger partial charge on any atom is 0.339 e. The molecule has 0 aliphatic rings. The van der Waals surface area contributed by atoms with Gasteiger partial charge < -0.3 is 10.5 Å². The molecular weight excluding hydrogens is 284 g/mol. The van der Waals surface area contributed by atoms with Crippen LogP contribution in [0.25, 0.3) is 0 Å². The van der Waals surface area contributed by atoms with Crippen molar-refractivity contribution in [1.29, 1.82) is 0 Å². The summed E-state index contributed by atoms with van der Waals surface area (Å²) in [6.45, 7) is 0. The highest BCUT2D eigenvalue weighted by atomic mass is 35.5. The Morgan fingerprint density at radius 1 is 1.37 bits per heavy atom. The molecule has 0 amide bonds. The molecule has 98 valence electrons. The number of anilines is 1. The summed E-state index contributed by atoms with van der Waals surface area (Å²) in [6.07, 6.45) is 1.65. The first-order valence-corrected chi connectivity index (χ1v) is 6.58. The molecule has 0 spiro atoms. The summed E-state index contributed by atoms with van der Waals surface area (Å²) in [5.41, 5.74) is 6.66. The van der Waals surface area contributed by atoms with Crippen LogP contribution in [0, 0.1) is 0 Å². The number of carbonyl (C=O) groups excluding carboxylic acids is 1. The number of aromatic nitrogens is 1. The largest absolute Gasteiger partial charge is 0.465 e. The van der Waals surface area contributed by atoms with Crippen LogP contribution in [0.1, 0.15) is 10.4 Å². The third-order valence-electron chi connectivity index (χ3n) is 2.40. The van der Waals surface area contributed by atoms with Gasteiger partial charge in [0.25, 0.3) is 0 Å². The molecule has 0 aliphatic heterocycles. The second-order valence-corrected chi connectivity index (χ2v) is 5.04. The first-order chi connectivity index (χ1) is 9.13. The summed E-state index contributed by atoms with van der Waals surface area (Å²) in [5.74, 6) is -0.466. The van der Waals surface area contributed by atoms with Gasteiger partial charge in [-0.05, 0) is 24.3 Å². The summed E-state index contributed by atoms with van der Waals surface area (Å²) in [7, 11) is 1.32. The van der Waals surface area contributed by atoms with Gasteiger partial charge in [0.05, 0.1) is 23.4 Å². The van der Waals surface area contributed by atoms with Crippen molar-refractivity contribution in [2.24, 2.45) is 0 Å². The number of nitrogens with zero attached hydrogens (tertiary/aromatic N) is 1. The van der Waals surface area contributed by atoms with E-state index in [9.17, 15) is 4.79 Å². The van der Waals surface area contributed by atoms with E-state index in [2.05, 4.69) is 9.72 Å². The van der Waals surface area contributed by atoms with Crippen LogP contribution in [0.2, 0.25) is 5.02 Å². The van der Waals surface area contributed by atoms with Crippen molar-refractivity contribution < 1.29 is 9.53 Å². The van der Waals surface area contributed by atoms with Crippen LogP contribution < -0.4 is 5.73 Å². The van der Waals surface area contributed by atoms with Gasteiger partial charge in [0.15, 0.2) is 0 Å². The molecule has 0 fully saturated rings. The Balaban J connectivity index is 2.37. The van der Waals surface area contributed by atoms with Gasteiger partial charge in [-0.15, -0.1) is 0 Å². The van der Waals surface area contributed by atoms with E-state index in [0.717, 1.165) is 0 Å².